The summed E-state index contributed by atoms with van der Waals surface area (Å²) in [5.41, 5.74) is 0.944. The van der Waals surface area contributed by atoms with Crippen LogP contribution in [-0.4, -0.2) is 29.7 Å². The second-order valence-corrected chi connectivity index (χ2v) is 6.50. The predicted molar refractivity (Wildman–Crippen MR) is 85.5 cm³/mol. The minimum Gasteiger partial charge on any atom is -0.460 e. The number of hydrogen-bond acceptors (Lipinski definition) is 4. The van der Waals surface area contributed by atoms with Gasteiger partial charge in [0.1, 0.15) is 5.60 Å². The number of piperidine rings is 1. The van der Waals surface area contributed by atoms with Crippen molar-refractivity contribution in [2.45, 2.75) is 46.1 Å². The van der Waals surface area contributed by atoms with Crippen molar-refractivity contribution in [3.63, 3.8) is 0 Å². The van der Waals surface area contributed by atoms with Crippen LogP contribution in [0.3, 0.4) is 0 Å². The zero-order valence-electron chi connectivity index (χ0n) is 13.6. The van der Waals surface area contributed by atoms with Crippen molar-refractivity contribution >= 4 is 5.97 Å². The van der Waals surface area contributed by atoms with Gasteiger partial charge in [-0.25, -0.2) is 5.01 Å². The number of rotatable bonds is 1. The first-order valence-electron chi connectivity index (χ1n) is 7.52. The van der Waals surface area contributed by atoms with Crippen molar-refractivity contribution in [3.8, 4) is 0 Å². The van der Waals surface area contributed by atoms with Gasteiger partial charge in [0.2, 0.25) is 0 Å². The van der Waals surface area contributed by atoms with Crippen LogP contribution in [-0.2, 0) is 9.53 Å². The number of benzene rings is 1. The van der Waals surface area contributed by atoms with Crippen LogP contribution in [0.4, 0.5) is 0 Å². The van der Waals surface area contributed by atoms with E-state index in [2.05, 4.69) is 19.1 Å². The third-order valence-corrected chi connectivity index (χ3v) is 3.21. The SMILES string of the molecule is CC(C)(C)OC(=O)C1CCN(N)CC1.Cc1ccccc1. The summed E-state index contributed by atoms with van der Waals surface area (Å²) in [5.74, 6) is 5.56. The fraction of sp³-hybridized carbons (Fsp3) is 0.588. The van der Waals surface area contributed by atoms with Crippen molar-refractivity contribution in [2.24, 2.45) is 11.8 Å². The molecular formula is C17H28N2O2. The average Bonchev–Trinajstić information content (AvgIpc) is 2.39. The van der Waals surface area contributed by atoms with Crippen LogP contribution in [0.2, 0.25) is 0 Å². The normalized spacial score (nSPS) is 16.8. The smallest absolute Gasteiger partial charge is 0.309 e. The first-order valence-corrected chi connectivity index (χ1v) is 7.52. The molecule has 2 N–H and O–H groups in total. The highest BCUT2D eigenvalue weighted by Gasteiger charge is 2.27. The van der Waals surface area contributed by atoms with Gasteiger partial charge in [-0.05, 0) is 40.5 Å². The molecule has 0 atom stereocenters. The molecule has 1 fully saturated rings. The Labute approximate surface area is 128 Å². The summed E-state index contributed by atoms with van der Waals surface area (Å²) in [5, 5.41) is 1.75. The molecule has 118 valence electrons. The Morgan fingerprint density at radius 1 is 1.19 bits per heavy atom. The topological polar surface area (TPSA) is 55.6 Å². The minimum absolute atomic E-state index is 0.0361. The van der Waals surface area contributed by atoms with Crippen molar-refractivity contribution in [1.82, 2.24) is 5.01 Å². The maximum absolute atomic E-state index is 11.6. The summed E-state index contributed by atoms with van der Waals surface area (Å²) in [6.07, 6.45) is 1.62. The van der Waals surface area contributed by atoms with Gasteiger partial charge in [-0.3, -0.25) is 10.6 Å². The third kappa shape index (κ3) is 7.83. The number of carbonyl (C=O) groups excluding carboxylic acids is 1. The Balaban J connectivity index is 0.000000262. The number of nitrogens with two attached hydrogens (primary N) is 1. The first kappa shape index (κ1) is 17.7. The zero-order chi connectivity index (χ0) is 15.9. The Hall–Kier alpha value is -1.39. The number of hydrazine groups is 1. The van der Waals surface area contributed by atoms with Crippen LogP contribution in [0.15, 0.2) is 30.3 Å². The highest BCUT2D eigenvalue weighted by Crippen LogP contribution is 2.19. The molecule has 0 radical (unpaired) electrons. The van der Waals surface area contributed by atoms with E-state index < -0.39 is 0 Å². The Bertz CT molecular complexity index is 418. The fourth-order valence-electron chi connectivity index (χ4n) is 2.05. The number of carbonyl (C=O) groups is 1. The number of aryl methyl sites for hydroxylation is 1. The molecule has 0 aliphatic carbocycles. The van der Waals surface area contributed by atoms with Crippen LogP contribution in [0.1, 0.15) is 39.2 Å². The van der Waals surface area contributed by atoms with Gasteiger partial charge in [-0.2, -0.15) is 0 Å². The lowest BCUT2D eigenvalue weighted by Gasteiger charge is -2.29. The molecule has 4 heteroatoms. The van der Waals surface area contributed by atoms with Crippen molar-refractivity contribution in [2.75, 3.05) is 13.1 Å². The van der Waals surface area contributed by atoms with E-state index in [0.29, 0.717) is 0 Å². The molecule has 0 aromatic heterocycles. The molecule has 0 unspecified atom stereocenters. The van der Waals surface area contributed by atoms with Gasteiger partial charge in [-0.1, -0.05) is 35.9 Å². The number of esters is 1. The van der Waals surface area contributed by atoms with E-state index in [-0.39, 0.29) is 17.5 Å². The van der Waals surface area contributed by atoms with Crippen LogP contribution in [0, 0.1) is 12.8 Å². The third-order valence-electron chi connectivity index (χ3n) is 3.21. The Kier molecular flexibility index (Phi) is 6.85. The van der Waals surface area contributed by atoms with Gasteiger partial charge in [0, 0.05) is 13.1 Å². The molecular weight excluding hydrogens is 264 g/mol. The van der Waals surface area contributed by atoms with Gasteiger partial charge in [0.05, 0.1) is 5.92 Å². The number of ether oxygens (including phenoxy) is 1. The lowest BCUT2D eigenvalue weighted by Crippen LogP contribution is -2.42. The molecule has 21 heavy (non-hydrogen) atoms. The molecule has 1 aromatic rings. The van der Waals surface area contributed by atoms with Gasteiger partial charge in [0.25, 0.3) is 0 Å². The van der Waals surface area contributed by atoms with E-state index in [1.165, 1.54) is 5.56 Å². The summed E-state index contributed by atoms with van der Waals surface area (Å²) in [7, 11) is 0. The lowest BCUT2D eigenvalue weighted by atomic mass is 9.98. The quantitative estimate of drug-likeness (QED) is 0.639. The van der Waals surface area contributed by atoms with Gasteiger partial charge < -0.3 is 4.74 Å². The molecule has 0 bridgehead atoms. The van der Waals surface area contributed by atoms with Gasteiger partial charge in [-0.15, -0.1) is 0 Å². The Morgan fingerprint density at radius 2 is 1.71 bits per heavy atom. The average molecular weight is 292 g/mol. The van der Waals surface area contributed by atoms with Crippen LogP contribution < -0.4 is 5.84 Å². The molecule has 1 aliphatic heterocycles. The summed E-state index contributed by atoms with van der Waals surface area (Å²) >= 11 is 0. The van der Waals surface area contributed by atoms with Crippen molar-refractivity contribution < 1.29 is 9.53 Å². The predicted octanol–water partition coefficient (Wildman–Crippen LogP) is 2.91. The maximum atomic E-state index is 11.6. The van der Waals surface area contributed by atoms with E-state index in [1.807, 2.05) is 39.0 Å². The Morgan fingerprint density at radius 3 is 2.10 bits per heavy atom. The lowest BCUT2D eigenvalue weighted by molar-refractivity contribution is -0.161. The molecule has 1 saturated heterocycles. The second kappa shape index (κ2) is 8.15. The molecule has 1 aliphatic rings. The van der Waals surface area contributed by atoms with Crippen LogP contribution >= 0.6 is 0 Å². The number of hydrogen-bond donors (Lipinski definition) is 1. The molecule has 0 spiro atoms. The zero-order valence-corrected chi connectivity index (χ0v) is 13.6. The van der Waals surface area contributed by atoms with Gasteiger partial charge in [0.15, 0.2) is 0 Å². The largest absolute Gasteiger partial charge is 0.460 e. The summed E-state index contributed by atoms with van der Waals surface area (Å²) in [6.45, 7) is 9.32. The van der Waals surface area contributed by atoms with E-state index >= 15 is 0 Å². The highest BCUT2D eigenvalue weighted by molar-refractivity contribution is 5.73. The van der Waals surface area contributed by atoms with E-state index in [1.54, 1.807) is 5.01 Å². The standard InChI is InChI=1S/C10H20N2O2.C7H8/c1-10(2,3)14-9(13)8-4-6-12(11)7-5-8;1-7-5-3-2-4-6-7/h8H,4-7,11H2,1-3H3;2-6H,1H3. The maximum Gasteiger partial charge on any atom is 0.309 e. The molecule has 2 rings (SSSR count). The van der Waals surface area contributed by atoms with Gasteiger partial charge >= 0.3 is 5.97 Å². The van der Waals surface area contributed by atoms with Crippen molar-refractivity contribution in [1.29, 1.82) is 0 Å². The molecule has 0 saturated carbocycles. The summed E-state index contributed by atoms with van der Waals surface area (Å²) < 4.78 is 5.31. The van der Waals surface area contributed by atoms with E-state index in [9.17, 15) is 4.79 Å². The molecule has 1 aromatic carbocycles. The summed E-state index contributed by atoms with van der Waals surface area (Å²) in [4.78, 5) is 11.6. The number of nitrogens with zero attached hydrogens (tertiary/aromatic N) is 1. The monoisotopic (exact) mass is 292 g/mol. The first-order chi connectivity index (χ1) is 9.78. The summed E-state index contributed by atoms with van der Waals surface area (Å²) in [6, 6.07) is 10.3. The molecule has 0 amide bonds. The van der Waals surface area contributed by atoms with E-state index in [0.717, 1.165) is 25.9 Å². The van der Waals surface area contributed by atoms with Crippen LogP contribution in [0.25, 0.3) is 0 Å². The fourth-order valence-corrected chi connectivity index (χ4v) is 2.05. The highest BCUT2D eigenvalue weighted by atomic mass is 16.6. The van der Waals surface area contributed by atoms with Crippen LogP contribution in [0.5, 0.6) is 0 Å². The molecule has 1 heterocycles. The van der Waals surface area contributed by atoms with E-state index in [4.69, 9.17) is 10.6 Å². The second-order valence-electron chi connectivity index (χ2n) is 6.50. The van der Waals surface area contributed by atoms with Crippen molar-refractivity contribution in [3.05, 3.63) is 35.9 Å². The molecule has 4 nitrogen and oxygen atoms in total. The minimum atomic E-state index is -0.378.